The normalized spacial score (nSPS) is 10.5. The van der Waals surface area contributed by atoms with Gasteiger partial charge in [-0.05, 0) is 24.0 Å². The van der Waals surface area contributed by atoms with Crippen molar-refractivity contribution in [3.63, 3.8) is 0 Å². The topological polar surface area (TPSA) is 43.7 Å². The van der Waals surface area contributed by atoms with Gasteiger partial charge in [-0.15, -0.1) is 0 Å². The zero-order valence-electron chi connectivity index (χ0n) is 8.06. The lowest BCUT2D eigenvalue weighted by Crippen LogP contribution is -2.15. The molecule has 0 fully saturated rings. The van der Waals surface area contributed by atoms with Crippen LogP contribution >= 0.6 is 0 Å². The van der Waals surface area contributed by atoms with Gasteiger partial charge in [0.25, 0.3) is 0 Å². The summed E-state index contributed by atoms with van der Waals surface area (Å²) >= 11 is 0. The highest BCUT2D eigenvalue weighted by atomic mass is 16.8. The molecule has 2 N–H and O–H groups in total. The SMILES string of the molecule is C=Cc1ccc(CCCN(O)O)cc1. The van der Waals surface area contributed by atoms with E-state index >= 15 is 0 Å². The molecule has 0 atom stereocenters. The molecule has 3 heteroatoms. The van der Waals surface area contributed by atoms with Crippen LogP contribution in [0.25, 0.3) is 6.08 Å². The maximum Gasteiger partial charge on any atom is 0.0516 e. The van der Waals surface area contributed by atoms with Gasteiger partial charge in [0.15, 0.2) is 0 Å². The van der Waals surface area contributed by atoms with Crippen LogP contribution in [0.3, 0.4) is 0 Å². The minimum Gasteiger partial charge on any atom is -0.290 e. The van der Waals surface area contributed by atoms with Crippen molar-refractivity contribution in [2.24, 2.45) is 0 Å². The maximum absolute atomic E-state index is 8.49. The van der Waals surface area contributed by atoms with Crippen molar-refractivity contribution in [3.05, 3.63) is 42.0 Å². The largest absolute Gasteiger partial charge is 0.290 e. The van der Waals surface area contributed by atoms with Gasteiger partial charge in [0, 0.05) is 0 Å². The molecule has 0 aliphatic rings. The van der Waals surface area contributed by atoms with E-state index < -0.39 is 0 Å². The Labute approximate surface area is 83.8 Å². The van der Waals surface area contributed by atoms with Crippen molar-refractivity contribution < 1.29 is 10.4 Å². The van der Waals surface area contributed by atoms with Gasteiger partial charge in [-0.3, -0.25) is 10.4 Å². The molecule has 1 aromatic carbocycles. The Kier molecular flexibility index (Phi) is 4.32. The van der Waals surface area contributed by atoms with Crippen LogP contribution in [0.1, 0.15) is 17.5 Å². The van der Waals surface area contributed by atoms with Crippen LogP contribution in [0.2, 0.25) is 0 Å². The van der Waals surface area contributed by atoms with Gasteiger partial charge in [-0.25, -0.2) is 0 Å². The average Bonchev–Trinajstić information content (AvgIpc) is 2.18. The number of hydrogen-bond donors (Lipinski definition) is 2. The van der Waals surface area contributed by atoms with Crippen molar-refractivity contribution in [3.8, 4) is 0 Å². The molecule has 0 saturated carbocycles. The number of nitrogens with zero attached hydrogens (tertiary/aromatic N) is 1. The van der Waals surface area contributed by atoms with Gasteiger partial charge in [-0.1, -0.05) is 42.1 Å². The summed E-state index contributed by atoms with van der Waals surface area (Å²) < 4.78 is 0. The van der Waals surface area contributed by atoms with Crippen molar-refractivity contribution in [2.75, 3.05) is 6.54 Å². The molecule has 1 rings (SSSR count). The Morgan fingerprint density at radius 2 is 1.86 bits per heavy atom. The molecule has 0 unspecified atom stereocenters. The minimum absolute atomic E-state index is 0.220. The molecular weight excluding hydrogens is 178 g/mol. The number of hydrogen-bond acceptors (Lipinski definition) is 3. The van der Waals surface area contributed by atoms with Crippen LogP contribution in [0.15, 0.2) is 30.8 Å². The Morgan fingerprint density at radius 3 is 2.36 bits per heavy atom. The first kappa shape index (κ1) is 10.9. The fourth-order valence-corrected chi connectivity index (χ4v) is 1.24. The Bertz CT molecular complexity index is 280. The monoisotopic (exact) mass is 193 g/mol. The summed E-state index contributed by atoms with van der Waals surface area (Å²) in [6.07, 6.45) is 3.36. The summed E-state index contributed by atoms with van der Waals surface area (Å²) in [7, 11) is 0. The molecule has 0 spiro atoms. The summed E-state index contributed by atoms with van der Waals surface area (Å²) in [6, 6.07) is 8.04. The molecule has 0 aliphatic carbocycles. The second-order valence-electron chi connectivity index (χ2n) is 3.15. The third-order valence-corrected chi connectivity index (χ3v) is 2.04. The summed E-state index contributed by atoms with van der Waals surface area (Å²) in [4.78, 5) is 0. The number of rotatable bonds is 5. The zero-order valence-corrected chi connectivity index (χ0v) is 8.06. The fraction of sp³-hybridized carbons (Fsp3) is 0.273. The van der Waals surface area contributed by atoms with Gasteiger partial charge in [0.05, 0.1) is 6.54 Å². The molecular formula is C11H15NO2. The van der Waals surface area contributed by atoms with Crippen LogP contribution in [0.5, 0.6) is 0 Å². The average molecular weight is 193 g/mol. The molecule has 0 saturated heterocycles. The van der Waals surface area contributed by atoms with Gasteiger partial charge in [-0.2, -0.15) is 0 Å². The Morgan fingerprint density at radius 1 is 1.21 bits per heavy atom. The summed E-state index contributed by atoms with van der Waals surface area (Å²) in [5.74, 6) is 0. The van der Waals surface area contributed by atoms with Crippen molar-refractivity contribution in [1.82, 2.24) is 5.23 Å². The quantitative estimate of drug-likeness (QED) is 0.705. The summed E-state index contributed by atoms with van der Waals surface area (Å²) in [5.41, 5.74) is 2.29. The zero-order chi connectivity index (χ0) is 10.4. The molecule has 0 aliphatic heterocycles. The maximum atomic E-state index is 8.49. The van der Waals surface area contributed by atoms with E-state index in [0.29, 0.717) is 0 Å². The molecule has 1 aromatic rings. The van der Waals surface area contributed by atoms with E-state index in [1.165, 1.54) is 5.56 Å². The van der Waals surface area contributed by atoms with Gasteiger partial charge < -0.3 is 0 Å². The number of hydroxylamine groups is 2. The lowest BCUT2D eigenvalue weighted by atomic mass is 10.1. The molecule has 0 heterocycles. The summed E-state index contributed by atoms with van der Waals surface area (Å²) in [5, 5.41) is 17.2. The van der Waals surface area contributed by atoms with Crippen molar-refractivity contribution >= 4 is 6.08 Å². The second-order valence-corrected chi connectivity index (χ2v) is 3.15. The molecule has 14 heavy (non-hydrogen) atoms. The number of benzene rings is 1. The number of aryl methyl sites for hydroxylation is 1. The Hall–Kier alpha value is -1.16. The van der Waals surface area contributed by atoms with Crippen LogP contribution in [-0.2, 0) is 6.42 Å². The highest BCUT2D eigenvalue weighted by Gasteiger charge is 1.96. The van der Waals surface area contributed by atoms with E-state index in [4.69, 9.17) is 10.4 Å². The third-order valence-electron chi connectivity index (χ3n) is 2.04. The van der Waals surface area contributed by atoms with Crippen LogP contribution in [-0.4, -0.2) is 22.2 Å². The fourth-order valence-electron chi connectivity index (χ4n) is 1.24. The first-order chi connectivity index (χ1) is 6.72. The van der Waals surface area contributed by atoms with E-state index in [-0.39, 0.29) is 11.8 Å². The minimum atomic E-state index is 0.220. The Balaban J connectivity index is 2.40. The lowest BCUT2D eigenvalue weighted by molar-refractivity contribution is -0.306. The predicted octanol–water partition coefficient (Wildman–Crippen LogP) is 2.34. The second kappa shape index (κ2) is 5.54. The van der Waals surface area contributed by atoms with Crippen molar-refractivity contribution in [1.29, 1.82) is 0 Å². The summed E-state index contributed by atoms with van der Waals surface area (Å²) in [6.45, 7) is 3.94. The van der Waals surface area contributed by atoms with Gasteiger partial charge in [0.1, 0.15) is 0 Å². The van der Waals surface area contributed by atoms with Gasteiger partial charge >= 0.3 is 0 Å². The molecule has 0 amide bonds. The van der Waals surface area contributed by atoms with E-state index in [9.17, 15) is 0 Å². The van der Waals surface area contributed by atoms with E-state index in [2.05, 4.69) is 6.58 Å². The molecule has 0 radical (unpaired) electrons. The molecule has 76 valence electrons. The third kappa shape index (κ3) is 3.70. The van der Waals surface area contributed by atoms with Crippen LogP contribution in [0, 0.1) is 0 Å². The smallest absolute Gasteiger partial charge is 0.0516 e. The molecule has 0 bridgehead atoms. The first-order valence-corrected chi connectivity index (χ1v) is 4.59. The predicted molar refractivity (Wildman–Crippen MR) is 55.1 cm³/mol. The van der Waals surface area contributed by atoms with E-state index in [0.717, 1.165) is 18.4 Å². The van der Waals surface area contributed by atoms with Crippen molar-refractivity contribution in [2.45, 2.75) is 12.8 Å². The molecule has 0 aromatic heterocycles. The van der Waals surface area contributed by atoms with Crippen LogP contribution < -0.4 is 0 Å². The molecule has 3 nitrogen and oxygen atoms in total. The first-order valence-electron chi connectivity index (χ1n) is 4.59. The highest BCUT2D eigenvalue weighted by Crippen LogP contribution is 2.07. The lowest BCUT2D eigenvalue weighted by Gasteiger charge is -2.05. The highest BCUT2D eigenvalue weighted by molar-refractivity contribution is 5.47. The van der Waals surface area contributed by atoms with E-state index in [1.54, 1.807) is 6.08 Å². The van der Waals surface area contributed by atoms with E-state index in [1.807, 2.05) is 24.3 Å². The standard InChI is InChI=1S/C11H15NO2/c1-2-10-5-7-11(8-6-10)4-3-9-12(13)14/h2,5-8,13-14H,1,3-4,9H2. The van der Waals surface area contributed by atoms with Gasteiger partial charge in [0.2, 0.25) is 0 Å². The van der Waals surface area contributed by atoms with Crippen LogP contribution in [0.4, 0.5) is 0 Å².